The average molecular weight is 629 g/mol. The highest BCUT2D eigenvalue weighted by molar-refractivity contribution is 6.44. The molecule has 7 nitrogen and oxygen atoms in total. The van der Waals surface area contributed by atoms with Gasteiger partial charge in [0.25, 0.3) is 0 Å². The van der Waals surface area contributed by atoms with E-state index in [0.717, 1.165) is 76.2 Å². The maximum atomic E-state index is 13.8. The van der Waals surface area contributed by atoms with E-state index in [1.54, 1.807) is 18.2 Å². The molecule has 0 aromatic heterocycles. The van der Waals surface area contributed by atoms with Gasteiger partial charge >= 0.3 is 0 Å². The van der Waals surface area contributed by atoms with Gasteiger partial charge in [0.05, 0.1) is 33.5 Å². The number of phenols is 1. The third kappa shape index (κ3) is 8.49. The second kappa shape index (κ2) is 16.1. The predicted octanol–water partition coefficient (Wildman–Crippen LogP) is 7.80. The summed E-state index contributed by atoms with van der Waals surface area (Å²) < 4.78 is 23.1. The molecular formula is C39H48O7. The van der Waals surface area contributed by atoms with Crippen LogP contribution in [-0.2, 0) is 22.4 Å². The minimum Gasteiger partial charge on any atom is -0.508 e. The Morgan fingerprint density at radius 1 is 0.783 bits per heavy atom. The van der Waals surface area contributed by atoms with E-state index in [1.807, 2.05) is 18.2 Å². The van der Waals surface area contributed by atoms with E-state index in [4.69, 9.17) is 18.9 Å². The fraction of sp³-hybridized carbons (Fsp3) is 0.487. The number of hydrogen-bond donors (Lipinski definition) is 1. The maximum absolute atomic E-state index is 13.8. The largest absolute Gasteiger partial charge is 0.508 e. The fourth-order valence-corrected chi connectivity index (χ4v) is 7.27. The van der Waals surface area contributed by atoms with E-state index in [2.05, 4.69) is 30.3 Å². The number of hydrogen-bond acceptors (Lipinski definition) is 7. The fourth-order valence-electron chi connectivity index (χ4n) is 7.27. The highest BCUT2D eigenvalue weighted by Gasteiger charge is 2.50. The number of ketones is 2. The molecule has 46 heavy (non-hydrogen) atoms. The first-order valence-corrected chi connectivity index (χ1v) is 16.8. The lowest BCUT2D eigenvalue weighted by atomic mass is 9.73. The van der Waals surface area contributed by atoms with Crippen molar-refractivity contribution in [2.24, 2.45) is 17.8 Å². The van der Waals surface area contributed by atoms with E-state index in [-0.39, 0.29) is 35.4 Å². The third-order valence-corrected chi connectivity index (χ3v) is 9.74. The van der Waals surface area contributed by atoms with Crippen LogP contribution in [0, 0.1) is 17.8 Å². The molecule has 3 aromatic rings. The number of ether oxygens (including phenoxy) is 4. The monoisotopic (exact) mass is 628 g/mol. The predicted molar refractivity (Wildman–Crippen MR) is 178 cm³/mol. The Bertz CT molecular complexity index is 1430. The minimum absolute atomic E-state index is 0.122. The average Bonchev–Trinajstić information content (AvgIpc) is 3.86. The summed E-state index contributed by atoms with van der Waals surface area (Å²) in [5, 5.41) is 9.87. The van der Waals surface area contributed by atoms with Gasteiger partial charge in [0.2, 0.25) is 17.3 Å². The highest BCUT2D eigenvalue weighted by atomic mass is 16.5. The molecule has 246 valence electrons. The Labute approximate surface area is 273 Å². The number of aryl methyl sites for hydroxylation is 2. The Morgan fingerprint density at radius 2 is 1.43 bits per heavy atom. The van der Waals surface area contributed by atoms with Gasteiger partial charge in [-0.25, -0.2) is 0 Å². The molecule has 7 heteroatoms. The number of methoxy groups -OCH3 is 3. The van der Waals surface area contributed by atoms with Gasteiger partial charge in [0, 0.05) is 11.5 Å². The molecule has 2 saturated carbocycles. The molecular weight excluding hydrogens is 580 g/mol. The van der Waals surface area contributed by atoms with Crippen molar-refractivity contribution in [3.63, 3.8) is 0 Å². The molecule has 5 rings (SSSR count). The first-order chi connectivity index (χ1) is 22.4. The second-order valence-electron chi connectivity index (χ2n) is 12.8. The van der Waals surface area contributed by atoms with Crippen LogP contribution in [0.4, 0.5) is 0 Å². The lowest BCUT2D eigenvalue weighted by Gasteiger charge is -2.31. The Kier molecular flexibility index (Phi) is 11.8. The summed E-state index contributed by atoms with van der Waals surface area (Å²) >= 11 is 0. The summed E-state index contributed by atoms with van der Waals surface area (Å²) in [5.74, 6) is 0.722. The quantitative estimate of drug-likeness (QED) is 0.121. The van der Waals surface area contributed by atoms with Crippen LogP contribution in [-0.4, -0.2) is 50.2 Å². The Morgan fingerprint density at radius 3 is 2.09 bits per heavy atom. The zero-order chi connectivity index (χ0) is 32.5. The lowest BCUT2D eigenvalue weighted by molar-refractivity contribution is -0.121. The molecule has 2 fully saturated rings. The number of aromatic hydroxyl groups is 1. The topological polar surface area (TPSA) is 91.3 Å². The number of Topliss-reactive ketones (excluding diaryl/α,β-unsaturated/α-hetero) is 2. The van der Waals surface area contributed by atoms with Crippen molar-refractivity contribution in [1.29, 1.82) is 0 Å². The first kappa shape index (κ1) is 33.5. The Balaban J connectivity index is 1.23. The van der Waals surface area contributed by atoms with Gasteiger partial charge in [-0.05, 0) is 105 Å². The number of carbonyl (C=O) groups excluding carboxylic acids is 2. The number of carbonyl (C=O) groups is 2. The molecule has 0 saturated heterocycles. The van der Waals surface area contributed by atoms with Crippen molar-refractivity contribution >= 4 is 11.6 Å². The number of phenolic OH excluding ortho intramolecular Hbond substituents is 1. The summed E-state index contributed by atoms with van der Waals surface area (Å²) in [6, 6.07) is 21.2. The van der Waals surface area contributed by atoms with Crippen molar-refractivity contribution in [2.45, 2.75) is 82.8 Å². The van der Waals surface area contributed by atoms with Crippen LogP contribution in [0.5, 0.6) is 23.0 Å². The first-order valence-electron chi connectivity index (χ1n) is 16.8. The summed E-state index contributed by atoms with van der Waals surface area (Å²) in [7, 11) is 4.51. The molecule has 0 aliphatic heterocycles. The molecule has 2 aliphatic rings. The van der Waals surface area contributed by atoms with Crippen molar-refractivity contribution in [1.82, 2.24) is 0 Å². The molecule has 0 heterocycles. The van der Waals surface area contributed by atoms with Crippen LogP contribution in [0.2, 0.25) is 0 Å². The summed E-state index contributed by atoms with van der Waals surface area (Å²) in [6.45, 7) is 0. The summed E-state index contributed by atoms with van der Waals surface area (Å²) in [5.41, 5.74) is 2.73. The van der Waals surface area contributed by atoms with Crippen LogP contribution >= 0.6 is 0 Å². The molecule has 5 atom stereocenters. The van der Waals surface area contributed by atoms with Gasteiger partial charge in [-0.1, -0.05) is 55.3 Å². The minimum atomic E-state index is -0.500. The van der Waals surface area contributed by atoms with Gasteiger partial charge in [0.1, 0.15) is 5.75 Å². The van der Waals surface area contributed by atoms with Crippen LogP contribution in [0.25, 0.3) is 0 Å². The molecule has 0 bridgehead atoms. The van der Waals surface area contributed by atoms with Crippen LogP contribution < -0.4 is 14.2 Å². The van der Waals surface area contributed by atoms with E-state index >= 15 is 0 Å². The van der Waals surface area contributed by atoms with E-state index in [9.17, 15) is 14.7 Å². The molecule has 0 radical (unpaired) electrons. The van der Waals surface area contributed by atoms with Crippen molar-refractivity contribution in [3.8, 4) is 23.0 Å². The zero-order valence-electron chi connectivity index (χ0n) is 27.4. The normalized spacial score (nSPS) is 21.3. The van der Waals surface area contributed by atoms with Crippen LogP contribution in [0.3, 0.4) is 0 Å². The standard InChI is InChI=1S/C39H48O7/c1-43-35-23-28(24-36(44-2)39(35)45-3)37(41)38(42)32-21-8-7-20-31(32)33-25-34(33)46-30(18-10-14-26-12-5-4-6-13-26)19-11-16-27-15-9-17-29(40)22-27/h4-6,9,12-13,15,17,22-24,30-34,40H,7-8,10-11,14,16,18-21,25H2,1-3H3. The van der Waals surface area contributed by atoms with E-state index < -0.39 is 5.78 Å². The van der Waals surface area contributed by atoms with Gasteiger partial charge in [-0.3, -0.25) is 9.59 Å². The number of benzene rings is 3. The lowest BCUT2D eigenvalue weighted by Crippen LogP contribution is -2.34. The van der Waals surface area contributed by atoms with Crippen molar-refractivity contribution in [2.75, 3.05) is 21.3 Å². The van der Waals surface area contributed by atoms with Gasteiger partial charge in [-0.15, -0.1) is 0 Å². The number of rotatable bonds is 17. The van der Waals surface area contributed by atoms with Gasteiger partial charge < -0.3 is 24.1 Å². The molecule has 3 aromatic carbocycles. The van der Waals surface area contributed by atoms with Crippen molar-refractivity contribution < 1.29 is 33.6 Å². The highest BCUT2D eigenvalue weighted by Crippen LogP contribution is 2.50. The van der Waals surface area contributed by atoms with E-state index in [1.165, 1.54) is 26.9 Å². The zero-order valence-corrected chi connectivity index (χ0v) is 27.4. The van der Waals surface area contributed by atoms with Gasteiger partial charge in [0.15, 0.2) is 11.5 Å². The molecule has 5 unspecified atom stereocenters. The summed E-state index contributed by atoms with van der Waals surface area (Å²) in [6.07, 6.45) is 10.7. The Hall–Kier alpha value is -3.84. The van der Waals surface area contributed by atoms with Crippen molar-refractivity contribution in [3.05, 3.63) is 83.4 Å². The molecule has 1 N–H and O–H groups in total. The maximum Gasteiger partial charge on any atom is 0.229 e. The molecule has 0 spiro atoms. The molecule has 0 amide bonds. The van der Waals surface area contributed by atoms with Gasteiger partial charge in [-0.2, -0.15) is 0 Å². The van der Waals surface area contributed by atoms with E-state index in [0.29, 0.717) is 28.9 Å². The molecule has 2 aliphatic carbocycles. The van der Waals surface area contributed by atoms with Crippen LogP contribution in [0.1, 0.15) is 79.3 Å². The SMILES string of the molecule is COc1cc(C(=O)C(=O)C2CCCCC2C2CC2OC(CCCc2ccccc2)CCCc2cccc(O)c2)cc(OC)c1OC. The van der Waals surface area contributed by atoms with Crippen LogP contribution in [0.15, 0.2) is 66.7 Å². The second-order valence-corrected chi connectivity index (χ2v) is 12.8. The third-order valence-electron chi connectivity index (χ3n) is 9.74. The smallest absolute Gasteiger partial charge is 0.229 e. The summed E-state index contributed by atoms with van der Waals surface area (Å²) in [4.78, 5) is 27.3.